The monoisotopic (exact) mass is 352 g/mol. The number of amides is 1. The van der Waals surface area contributed by atoms with E-state index in [0.717, 1.165) is 25.6 Å². The zero-order chi connectivity index (χ0) is 17.9. The summed E-state index contributed by atoms with van der Waals surface area (Å²) in [5.74, 6) is 1.80. The zero-order valence-electron chi connectivity index (χ0n) is 15.0. The summed E-state index contributed by atoms with van der Waals surface area (Å²) in [6.45, 7) is 3.03. The van der Waals surface area contributed by atoms with Crippen molar-refractivity contribution < 1.29 is 9.53 Å². The van der Waals surface area contributed by atoms with Crippen LogP contribution in [-0.2, 0) is 9.53 Å². The summed E-state index contributed by atoms with van der Waals surface area (Å²) < 4.78 is 5.11. The molecule has 1 aromatic carbocycles. The quantitative estimate of drug-likeness (QED) is 0.825. The van der Waals surface area contributed by atoms with E-state index in [4.69, 9.17) is 4.74 Å². The molecular weight excluding hydrogens is 328 g/mol. The van der Waals surface area contributed by atoms with Gasteiger partial charge in [-0.05, 0) is 11.6 Å². The van der Waals surface area contributed by atoms with E-state index < -0.39 is 0 Å². The Morgan fingerprint density at radius 1 is 1.12 bits per heavy atom. The number of anilines is 1. The van der Waals surface area contributed by atoms with Crippen LogP contribution >= 0.6 is 0 Å². The highest BCUT2D eigenvalue weighted by atomic mass is 16.5. The van der Waals surface area contributed by atoms with Gasteiger partial charge in [-0.3, -0.25) is 4.79 Å². The molecule has 0 aliphatic carbocycles. The fraction of sp³-hybridized carbons (Fsp3) is 0.450. The predicted octanol–water partition coefficient (Wildman–Crippen LogP) is 2.15. The van der Waals surface area contributed by atoms with Crippen LogP contribution in [0.5, 0.6) is 0 Å². The van der Waals surface area contributed by atoms with Crippen molar-refractivity contribution in [2.24, 2.45) is 11.8 Å². The van der Waals surface area contributed by atoms with Crippen molar-refractivity contribution in [2.45, 2.75) is 12.5 Å². The predicted molar refractivity (Wildman–Crippen MR) is 98.6 cm³/mol. The van der Waals surface area contributed by atoms with Crippen LogP contribution < -0.4 is 4.90 Å². The van der Waals surface area contributed by atoms with Crippen molar-refractivity contribution >= 4 is 11.9 Å². The molecule has 4 rings (SSSR count). The fourth-order valence-electron chi connectivity index (χ4n) is 4.33. The van der Waals surface area contributed by atoms with Crippen molar-refractivity contribution in [1.82, 2.24) is 14.9 Å². The minimum absolute atomic E-state index is 0.110. The van der Waals surface area contributed by atoms with Crippen LogP contribution in [0.4, 0.5) is 5.95 Å². The molecule has 136 valence electrons. The van der Waals surface area contributed by atoms with Gasteiger partial charge in [0.2, 0.25) is 11.9 Å². The number of rotatable bonds is 5. The van der Waals surface area contributed by atoms with E-state index in [9.17, 15) is 4.79 Å². The summed E-state index contributed by atoms with van der Waals surface area (Å²) >= 11 is 0. The van der Waals surface area contributed by atoms with Gasteiger partial charge in [0.15, 0.2) is 0 Å². The van der Waals surface area contributed by atoms with Crippen LogP contribution in [0.3, 0.4) is 0 Å². The van der Waals surface area contributed by atoms with E-state index in [2.05, 4.69) is 31.9 Å². The number of hydrogen-bond donors (Lipinski definition) is 0. The van der Waals surface area contributed by atoms with Crippen molar-refractivity contribution in [2.75, 3.05) is 38.3 Å². The van der Waals surface area contributed by atoms with Crippen molar-refractivity contribution in [3.05, 3.63) is 54.4 Å². The third-order valence-electron chi connectivity index (χ3n) is 5.48. The number of fused-ring (bicyclic) bond motifs is 1. The lowest BCUT2D eigenvalue weighted by Gasteiger charge is -2.30. The second-order valence-corrected chi connectivity index (χ2v) is 7.02. The number of carbonyl (C=O) groups is 1. The summed E-state index contributed by atoms with van der Waals surface area (Å²) in [6.07, 6.45) is 4.00. The van der Waals surface area contributed by atoms with Gasteiger partial charge in [-0.15, -0.1) is 0 Å². The minimum atomic E-state index is 0.110. The van der Waals surface area contributed by atoms with Crippen molar-refractivity contribution in [3.63, 3.8) is 0 Å². The Bertz CT molecular complexity index is 740. The Morgan fingerprint density at radius 3 is 2.62 bits per heavy atom. The number of benzene rings is 1. The lowest BCUT2D eigenvalue weighted by molar-refractivity contribution is -0.133. The molecular formula is C20H24N4O2. The van der Waals surface area contributed by atoms with Gasteiger partial charge in [-0.25, -0.2) is 9.97 Å². The molecule has 1 amide bonds. The van der Waals surface area contributed by atoms with Gasteiger partial charge in [-0.1, -0.05) is 30.3 Å². The molecule has 2 aliphatic rings. The maximum absolute atomic E-state index is 12.8. The fourth-order valence-corrected chi connectivity index (χ4v) is 4.33. The minimum Gasteiger partial charge on any atom is -0.384 e. The molecule has 0 saturated carbocycles. The maximum Gasteiger partial charge on any atom is 0.225 e. The largest absolute Gasteiger partial charge is 0.384 e. The lowest BCUT2D eigenvalue weighted by atomic mass is 9.89. The molecule has 2 aliphatic heterocycles. The molecule has 1 aromatic heterocycles. The van der Waals surface area contributed by atoms with E-state index in [1.165, 1.54) is 5.56 Å². The molecule has 0 N–H and O–H groups in total. The van der Waals surface area contributed by atoms with Crippen LogP contribution in [0.1, 0.15) is 18.0 Å². The molecule has 2 saturated heterocycles. The normalized spacial score (nSPS) is 24.7. The maximum atomic E-state index is 12.8. The smallest absolute Gasteiger partial charge is 0.225 e. The van der Waals surface area contributed by atoms with E-state index in [1.807, 2.05) is 24.3 Å². The molecule has 6 heteroatoms. The average Bonchev–Trinajstić information content (AvgIpc) is 3.25. The number of methoxy groups -OCH3 is 1. The summed E-state index contributed by atoms with van der Waals surface area (Å²) in [6, 6.07) is 12.3. The molecule has 26 heavy (non-hydrogen) atoms. The van der Waals surface area contributed by atoms with Gasteiger partial charge in [0.05, 0.1) is 19.1 Å². The number of hydrogen-bond acceptors (Lipinski definition) is 5. The van der Waals surface area contributed by atoms with Gasteiger partial charge < -0.3 is 14.5 Å². The molecule has 0 spiro atoms. The summed E-state index contributed by atoms with van der Waals surface area (Å²) in [5, 5.41) is 0. The van der Waals surface area contributed by atoms with Crippen LogP contribution in [0, 0.1) is 11.8 Å². The first-order valence-corrected chi connectivity index (χ1v) is 9.13. The van der Waals surface area contributed by atoms with Crippen LogP contribution in [0.2, 0.25) is 0 Å². The number of ether oxygens (including phenoxy) is 1. The first-order chi connectivity index (χ1) is 12.8. The molecule has 3 atom stereocenters. The summed E-state index contributed by atoms with van der Waals surface area (Å²) in [7, 11) is 1.64. The lowest BCUT2D eigenvalue weighted by Crippen LogP contribution is -2.36. The van der Waals surface area contributed by atoms with Gasteiger partial charge in [0.1, 0.15) is 0 Å². The number of likely N-dealkylation sites (tertiary alicyclic amines) is 1. The highest BCUT2D eigenvalue weighted by Crippen LogP contribution is 2.45. The SMILES string of the molecule is COCCC(=O)N1C[C@@H]2CN(c3ncccn3)C[C@@H]2[C@H]1c1ccccc1. The third-order valence-corrected chi connectivity index (χ3v) is 5.48. The van der Waals surface area contributed by atoms with E-state index in [0.29, 0.717) is 24.9 Å². The Balaban J connectivity index is 1.58. The number of aromatic nitrogens is 2. The third kappa shape index (κ3) is 3.17. The van der Waals surface area contributed by atoms with Crippen LogP contribution in [0.15, 0.2) is 48.8 Å². The van der Waals surface area contributed by atoms with Crippen molar-refractivity contribution in [1.29, 1.82) is 0 Å². The Morgan fingerprint density at radius 2 is 1.88 bits per heavy atom. The Kier molecular flexibility index (Phi) is 4.84. The first kappa shape index (κ1) is 17.0. The van der Waals surface area contributed by atoms with E-state index in [-0.39, 0.29) is 11.9 Å². The average molecular weight is 352 g/mol. The molecule has 0 bridgehead atoms. The molecule has 3 heterocycles. The number of carbonyl (C=O) groups excluding carboxylic acids is 1. The highest BCUT2D eigenvalue weighted by Gasteiger charge is 2.49. The van der Waals surface area contributed by atoms with Gasteiger partial charge in [0.25, 0.3) is 0 Å². The first-order valence-electron chi connectivity index (χ1n) is 9.13. The zero-order valence-corrected chi connectivity index (χ0v) is 15.0. The van der Waals surface area contributed by atoms with Gasteiger partial charge >= 0.3 is 0 Å². The van der Waals surface area contributed by atoms with Gasteiger partial charge in [-0.2, -0.15) is 0 Å². The van der Waals surface area contributed by atoms with E-state index in [1.54, 1.807) is 19.5 Å². The van der Waals surface area contributed by atoms with Crippen LogP contribution in [-0.4, -0.2) is 54.1 Å². The molecule has 0 radical (unpaired) electrons. The standard InChI is InChI=1S/C20H24N4O2/c1-26-11-8-18(25)24-13-16-12-23(20-21-9-5-10-22-20)14-17(16)19(24)15-6-3-2-4-7-15/h2-7,9-10,16-17,19H,8,11-14H2,1H3/t16-,17-,19+/m0/s1. The summed E-state index contributed by atoms with van der Waals surface area (Å²) in [5.41, 5.74) is 1.21. The topological polar surface area (TPSA) is 58.6 Å². The second kappa shape index (κ2) is 7.41. The molecule has 6 nitrogen and oxygen atoms in total. The van der Waals surface area contributed by atoms with Gasteiger partial charge in [0, 0.05) is 51.0 Å². The highest BCUT2D eigenvalue weighted by molar-refractivity contribution is 5.77. The van der Waals surface area contributed by atoms with Crippen molar-refractivity contribution in [3.8, 4) is 0 Å². The molecule has 0 unspecified atom stereocenters. The summed E-state index contributed by atoms with van der Waals surface area (Å²) in [4.78, 5) is 25.9. The Labute approximate surface area is 153 Å². The molecule has 2 aromatic rings. The molecule has 2 fully saturated rings. The number of nitrogens with zero attached hydrogens (tertiary/aromatic N) is 4. The van der Waals surface area contributed by atoms with E-state index >= 15 is 0 Å². The second-order valence-electron chi connectivity index (χ2n) is 7.02. The van der Waals surface area contributed by atoms with Crippen LogP contribution in [0.25, 0.3) is 0 Å². The Hall–Kier alpha value is -2.47.